The van der Waals surface area contributed by atoms with Crippen LogP contribution in [0.15, 0.2) is 53.4 Å². The van der Waals surface area contributed by atoms with Gasteiger partial charge in [-0.3, -0.25) is 20.4 Å². The number of hydrazine groups is 1. The SMILES string of the molecule is CC(C)c1ccc(SCC(=O)NNC(=O)c2ccc(Cl)cc2)cc1. The second-order valence-electron chi connectivity index (χ2n) is 5.52. The molecule has 6 heteroatoms. The average molecular weight is 363 g/mol. The fourth-order valence-electron chi connectivity index (χ4n) is 1.93. The predicted octanol–water partition coefficient (Wildman–Crippen LogP) is 4.02. The van der Waals surface area contributed by atoms with Gasteiger partial charge in [0, 0.05) is 15.5 Å². The Kier molecular flexibility index (Phi) is 6.70. The number of nitrogens with one attached hydrogen (secondary N) is 2. The topological polar surface area (TPSA) is 58.2 Å². The zero-order valence-corrected chi connectivity index (χ0v) is 15.1. The predicted molar refractivity (Wildman–Crippen MR) is 98.3 cm³/mol. The standard InChI is InChI=1S/C18H19ClN2O2S/c1-12(2)13-5-9-16(10-6-13)24-11-17(22)20-21-18(23)14-3-7-15(19)8-4-14/h3-10,12H,11H2,1-2H3,(H,20,22)(H,21,23). The van der Waals surface area contributed by atoms with Crippen LogP contribution in [0, 0.1) is 0 Å². The fraction of sp³-hybridized carbons (Fsp3) is 0.222. The molecule has 0 spiro atoms. The van der Waals surface area contributed by atoms with Crippen molar-refractivity contribution in [2.75, 3.05) is 5.75 Å². The summed E-state index contributed by atoms with van der Waals surface area (Å²) in [5, 5.41) is 0.551. The molecule has 2 aromatic carbocycles. The molecule has 0 aliphatic carbocycles. The van der Waals surface area contributed by atoms with Gasteiger partial charge in [-0.15, -0.1) is 11.8 Å². The summed E-state index contributed by atoms with van der Waals surface area (Å²) in [6.07, 6.45) is 0. The Morgan fingerprint density at radius 2 is 1.62 bits per heavy atom. The quantitative estimate of drug-likeness (QED) is 0.624. The third-order valence-corrected chi connectivity index (χ3v) is 4.60. The molecule has 24 heavy (non-hydrogen) atoms. The monoisotopic (exact) mass is 362 g/mol. The molecule has 126 valence electrons. The van der Waals surface area contributed by atoms with Crippen molar-refractivity contribution in [1.29, 1.82) is 0 Å². The van der Waals surface area contributed by atoms with E-state index < -0.39 is 0 Å². The zero-order valence-electron chi connectivity index (χ0n) is 13.5. The van der Waals surface area contributed by atoms with Crippen molar-refractivity contribution < 1.29 is 9.59 Å². The zero-order chi connectivity index (χ0) is 17.5. The number of hydrogen-bond donors (Lipinski definition) is 2. The number of rotatable bonds is 5. The maximum absolute atomic E-state index is 11.9. The van der Waals surface area contributed by atoms with Crippen LogP contribution in [0.1, 0.15) is 35.7 Å². The van der Waals surface area contributed by atoms with Crippen LogP contribution in [0.5, 0.6) is 0 Å². The first-order chi connectivity index (χ1) is 11.5. The number of carbonyl (C=O) groups is 2. The van der Waals surface area contributed by atoms with Crippen LogP contribution in [-0.4, -0.2) is 17.6 Å². The van der Waals surface area contributed by atoms with Crippen molar-refractivity contribution in [2.45, 2.75) is 24.7 Å². The van der Waals surface area contributed by atoms with Crippen LogP contribution in [0.2, 0.25) is 5.02 Å². The third-order valence-electron chi connectivity index (χ3n) is 3.34. The smallest absolute Gasteiger partial charge is 0.269 e. The van der Waals surface area contributed by atoms with Crippen LogP contribution >= 0.6 is 23.4 Å². The van der Waals surface area contributed by atoms with E-state index >= 15 is 0 Å². The fourth-order valence-corrected chi connectivity index (χ4v) is 2.76. The summed E-state index contributed by atoms with van der Waals surface area (Å²) in [7, 11) is 0. The second kappa shape index (κ2) is 8.76. The van der Waals surface area contributed by atoms with Gasteiger partial charge in [-0.2, -0.15) is 0 Å². The molecule has 2 rings (SSSR count). The Morgan fingerprint density at radius 1 is 1.00 bits per heavy atom. The number of halogens is 1. The Hall–Kier alpha value is -1.98. The Balaban J connectivity index is 1.77. The molecule has 0 aliphatic heterocycles. The maximum atomic E-state index is 11.9. The lowest BCUT2D eigenvalue weighted by molar-refractivity contribution is -0.119. The van der Waals surface area contributed by atoms with Gasteiger partial charge in [0.2, 0.25) is 5.91 Å². The molecule has 4 nitrogen and oxygen atoms in total. The summed E-state index contributed by atoms with van der Waals surface area (Å²) >= 11 is 7.18. The molecule has 0 heterocycles. The first-order valence-electron chi connectivity index (χ1n) is 7.53. The van der Waals surface area contributed by atoms with Crippen molar-refractivity contribution in [1.82, 2.24) is 10.9 Å². The maximum Gasteiger partial charge on any atom is 0.269 e. The minimum atomic E-state index is -0.383. The third kappa shape index (κ3) is 5.58. The molecule has 0 radical (unpaired) electrons. The number of carbonyl (C=O) groups excluding carboxylic acids is 2. The van der Waals surface area contributed by atoms with E-state index in [2.05, 4.69) is 36.8 Å². The number of hydrogen-bond acceptors (Lipinski definition) is 3. The molecule has 2 N–H and O–H groups in total. The molecule has 2 aromatic rings. The van der Waals surface area contributed by atoms with Gasteiger partial charge in [-0.05, 0) is 47.9 Å². The summed E-state index contributed by atoms with van der Waals surface area (Å²) in [4.78, 5) is 24.7. The summed E-state index contributed by atoms with van der Waals surface area (Å²) in [6.45, 7) is 4.28. The van der Waals surface area contributed by atoms with Crippen molar-refractivity contribution in [2.24, 2.45) is 0 Å². The Bertz CT molecular complexity index is 700. The molecule has 0 aromatic heterocycles. The van der Waals surface area contributed by atoms with Crippen molar-refractivity contribution in [3.8, 4) is 0 Å². The normalized spacial score (nSPS) is 10.5. The van der Waals surface area contributed by atoms with Crippen LogP contribution in [0.4, 0.5) is 0 Å². The number of amides is 2. The summed E-state index contributed by atoms with van der Waals surface area (Å²) in [6, 6.07) is 14.5. The lowest BCUT2D eigenvalue weighted by Gasteiger charge is -2.08. The lowest BCUT2D eigenvalue weighted by atomic mass is 10.0. The van der Waals surface area contributed by atoms with E-state index in [4.69, 9.17) is 11.6 Å². The minimum absolute atomic E-state index is 0.224. The summed E-state index contributed by atoms with van der Waals surface area (Å²) in [5.41, 5.74) is 6.48. The van der Waals surface area contributed by atoms with Crippen LogP contribution in [0.25, 0.3) is 0 Å². The Labute approximate surface area is 150 Å². The van der Waals surface area contributed by atoms with Crippen molar-refractivity contribution in [3.05, 3.63) is 64.7 Å². The van der Waals surface area contributed by atoms with E-state index in [9.17, 15) is 9.59 Å². The van der Waals surface area contributed by atoms with E-state index in [0.29, 0.717) is 16.5 Å². The van der Waals surface area contributed by atoms with Crippen LogP contribution in [-0.2, 0) is 4.79 Å². The highest BCUT2D eigenvalue weighted by Gasteiger charge is 2.08. The number of benzene rings is 2. The van der Waals surface area contributed by atoms with E-state index in [-0.39, 0.29) is 17.6 Å². The van der Waals surface area contributed by atoms with Crippen LogP contribution < -0.4 is 10.9 Å². The van der Waals surface area contributed by atoms with Gasteiger partial charge >= 0.3 is 0 Å². The molecule has 0 unspecified atom stereocenters. The van der Waals surface area contributed by atoms with E-state index in [1.165, 1.54) is 17.3 Å². The van der Waals surface area contributed by atoms with Gasteiger partial charge in [0.1, 0.15) is 0 Å². The molecule has 0 atom stereocenters. The first-order valence-corrected chi connectivity index (χ1v) is 8.89. The molecule has 0 saturated carbocycles. The van der Waals surface area contributed by atoms with Gasteiger partial charge in [-0.1, -0.05) is 37.6 Å². The molecule has 0 bridgehead atoms. The average Bonchev–Trinajstić information content (AvgIpc) is 2.58. The summed E-state index contributed by atoms with van der Waals surface area (Å²) < 4.78 is 0. The van der Waals surface area contributed by atoms with E-state index in [0.717, 1.165) is 4.90 Å². The molecular formula is C18H19ClN2O2S. The highest BCUT2D eigenvalue weighted by atomic mass is 35.5. The Morgan fingerprint density at radius 3 is 2.21 bits per heavy atom. The first kappa shape index (κ1) is 18.4. The van der Waals surface area contributed by atoms with Gasteiger partial charge in [0.05, 0.1) is 5.75 Å². The highest BCUT2D eigenvalue weighted by Crippen LogP contribution is 2.21. The molecule has 2 amide bonds. The molecular weight excluding hydrogens is 344 g/mol. The summed E-state index contributed by atoms with van der Waals surface area (Å²) in [5.74, 6) is 0.0547. The van der Waals surface area contributed by atoms with Gasteiger partial charge in [0.15, 0.2) is 0 Å². The van der Waals surface area contributed by atoms with E-state index in [1.807, 2.05) is 12.1 Å². The van der Waals surface area contributed by atoms with Gasteiger partial charge < -0.3 is 0 Å². The molecule has 0 aliphatic rings. The lowest BCUT2D eigenvalue weighted by Crippen LogP contribution is -2.42. The van der Waals surface area contributed by atoms with Gasteiger partial charge in [0.25, 0.3) is 5.91 Å². The minimum Gasteiger partial charge on any atom is -0.272 e. The molecule has 0 fully saturated rings. The second-order valence-corrected chi connectivity index (χ2v) is 7.01. The van der Waals surface area contributed by atoms with Crippen LogP contribution in [0.3, 0.4) is 0 Å². The van der Waals surface area contributed by atoms with Gasteiger partial charge in [-0.25, -0.2) is 0 Å². The largest absolute Gasteiger partial charge is 0.272 e. The number of thioether (sulfide) groups is 1. The molecule has 0 saturated heterocycles. The van der Waals surface area contributed by atoms with Crippen molar-refractivity contribution in [3.63, 3.8) is 0 Å². The van der Waals surface area contributed by atoms with E-state index in [1.54, 1.807) is 24.3 Å². The van der Waals surface area contributed by atoms with Crippen molar-refractivity contribution >= 4 is 35.2 Å². The highest BCUT2D eigenvalue weighted by molar-refractivity contribution is 8.00.